The number of aromatic amines is 1. The molecule has 1 aliphatic rings. The Morgan fingerprint density at radius 3 is 2.75 bits per heavy atom. The Kier molecular flexibility index (Phi) is 5.57. The van der Waals surface area contributed by atoms with Gasteiger partial charge in [-0.25, -0.2) is 9.48 Å². The van der Waals surface area contributed by atoms with Crippen LogP contribution in [0.1, 0.15) is 63.9 Å². The quantitative estimate of drug-likeness (QED) is 0.678. The van der Waals surface area contributed by atoms with E-state index in [2.05, 4.69) is 39.3 Å². The summed E-state index contributed by atoms with van der Waals surface area (Å²) >= 11 is 0. The van der Waals surface area contributed by atoms with Gasteiger partial charge in [0.15, 0.2) is 5.82 Å². The Balaban J connectivity index is 1.49. The highest BCUT2D eigenvalue weighted by atomic mass is 16.1. The van der Waals surface area contributed by atoms with E-state index in [-0.39, 0.29) is 17.8 Å². The fraction of sp³-hybridized carbons (Fsp3) is 0.600. The van der Waals surface area contributed by atoms with Crippen LogP contribution in [0.15, 0.2) is 29.1 Å². The summed E-state index contributed by atoms with van der Waals surface area (Å²) in [6, 6.07) is 8.40. The molecule has 0 aliphatic carbocycles. The summed E-state index contributed by atoms with van der Waals surface area (Å²) in [5.74, 6) is 0.971. The summed E-state index contributed by atoms with van der Waals surface area (Å²) in [5.41, 5.74) is 1.91. The van der Waals surface area contributed by atoms with Gasteiger partial charge in [-0.1, -0.05) is 32.4 Å². The first-order valence-electron chi connectivity index (χ1n) is 10.4. The number of aromatic nitrogens is 6. The van der Waals surface area contributed by atoms with Crippen molar-refractivity contribution in [2.45, 2.75) is 64.6 Å². The fourth-order valence-electron chi connectivity index (χ4n) is 4.41. The zero-order valence-corrected chi connectivity index (χ0v) is 16.7. The minimum absolute atomic E-state index is 0.00444. The highest BCUT2D eigenvalue weighted by molar-refractivity contribution is 5.75. The number of tetrazole rings is 1. The van der Waals surface area contributed by atoms with Crippen LogP contribution in [0, 0.1) is 0 Å². The first-order valence-corrected chi connectivity index (χ1v) is 10.4. The second-order valence-electron chi connectivity index (χ2n) is 7.62. The number of piperidine rings is 1. The average Bonchev–Trinajstić information content (AvgIpc) is 3.31. The largest absolute Gasteiger partial charge is 0.326 e. The molecule has 0 amide bonds. The molecule has 0 radical (unpaired) electrons. The Morgan fingerprint density at radius 1 is 1.21 bits per heavy atom. The lowest BCUT2D eigenvalue weighted by atomic mass is 10.0. The van der Waals surface area contributed by atoms with E-state index in [9.17, 15) is 4.79 Å². The normalized spacial score (nSPS) is 17.4. The number of benzene rings is 1. The van der Waals surface area contributed by atoms with Crippen LogP contribution < -0.4 is 5.69 Å². The van der Waals surface area contributed by atoms with Crippen LogP contribution in [0.25, 0.3) is 11.0 Å². The van der Waals surface area contributed by atoms with Crippen molar-refractivity contribution in [1.82, 2.24) is 34.7 Å². The van der Waals surface area contributed by atoms with E-state index in [0.29, 0.717) is 0 Å². The molecule has 3 aromatic rings. The third-order valence-corrected chi connectivity index (χ3v) is 5.90. The van der Waals surface area contributed by atoms with Crippen molar-refractivity contribution in [2.75, 3.05) is 13.1 Å². The zero-order valence-electron chi connectivity index (χ0n) is 16.7. The number of aryl methyl sites for hydroxylation is 1. The molecule has 1 unspecified atom stereocenters. The first kappa shape index (κ1) is 18.9. The van der Waals surface area contributed by atoms with Gasteiger partial charge in [-0.05, 0) is 48.2 Å². The number of likely N-dealkylation sites (tertiary alicyclic amines) is 1. The third kappa shape index (κ3) is 3.48. The maximum Gasteiger partial charge on any atom is 0.326 e. The topological polar surface area (TPSA) is 84.6 Å². The van der Waals surface area contributed by atoms with Crippen LogP contribution in [-0.2, 0) is 6.54 Å². The number of fused-ring (bicyclic) bond motifs is 1. The van der Waals surface area contributed by atoms with Gasteiger partial charge in [0.2, 0.25) is 0 Å². The van der Waals surface area contributed by atoms with Gasteiger partial charge in [-0.2, -0.15) is 0 Å². The molecule has 4 rings (SSSR count). The summed E-state index contributed by atoms with van der Waals surface area (Å²) in [7, 11) is 0. The molecule has 3 heterocycles. The molecule has 1 atom stereocenters. The number of nitrogens with one attached hydrogen (secondary N) is 1. The lowest BCUT2D eigenvalue weighted by Crippen LogP contribution is -2.40. The Labute approximate surface area is 164 Å². The SMILES string of the molecule is CCCCn1nnnc1C(CC)N1CCC(n2c(=O)[nH]c3ccccc32)CC1. The molecule has 0 spiro atoms. The van der Waals surface area contributed by atoms with Crippen LogP contribution in [0.3, 0.4) is 0 Å². The highest BCUT2D eigenvalue weighted by Gasteiger charge is 2.30. The molecule has 150 valence electrons. The molecule has 1 N–H and O–H groups in total. The maximum absolute atomic E-state index is 12.5. The summed E-state index contributed by atoms with van der Waals surface area (Å²) in [6.07, 6.45) is 5.09. The zero-order chi connectivity index (χ0) is 19.5. The summed E-state index contributed by atoms with van der Waals surface area (Å²) < 4.78 is 3.91. The van der Waals surface area contributed by atoms with E-state index in [4.69, 9.17) is 0 Å². The third-order valence-electron chi connectivity index (χ3n) is 5.90. The highest BCUT2D eigenvalue weighted by Crippen LogP contribution is 2.31. The minimum atomic E-state index is -0.00444. The van der Waals surface area contributed by atoms with Crippen LogP contribution in [0.2, 0.25) is 0 Å². The predicted octanol–water partition coefficient (Wildman–Crippen LogP) is 2.90. The van der Waals surface area contributed by atoms with Crippen LogP contribution >= 0.6 is 0 Å². The molecule has 0 saturated carbocycles. The van der Waals surface area contributed by atoms with Crippen molar-refractivity contribution in [3.63, 3.8) is 0 Å². The molecule has 8 nitrogen and oxygen atoms in total. The van der Waals surface area contributed by atoms with Crippen LogP contribution in [0.4, 0.5) is 0 Å². The molecule has 8 heteroatoms. The molecule has 28 heavy (non-hydrogen) atoms. The van der Waals surface area contributed by atoms with Gasteiger partial charge in [0.25, 0.3) is 0 Å². The summed E-state index contributed by atoms with van der Waals surface area (Å²) in [4.78, 5) is 18.0. The Bertz CT molecular complexity index is 964. The number of rotatable bonds is 7. The number of hydrogen-bond donors (Lipinski definition) is 1. The van der Waals surface area contributed by atoms with E-state index in [1.165, 1.54) is 0 Å². The Morgan fingerprint density at radius 2 is 2.00 bits per heavy atom. The number of nitrogens with zero attached hydrogens (tertiary/aromatic N) is 6. The molecule has 0 bridgehead atoms. The van der Waals surface area contributed by atoms with Gasteiger partial charge < -0.3 is 4.98 Å². The fourth-order valence-corrected chi connectivity index (χ4v) is 4.41. The number of para-hydroxylation sites is 2. The molecule has 1 fully saturated rings. The van der Waals surface area contributed by atoms with Crippen LogP contribution in [0.5, 0.6) is 0 Å². The van der Waals surface area contributed by atoms with Gasteiger partial charge in [0.05, 0.1) is 17.1 Å². The van der Waals surface area contributed by atoms with E-state index < -0.39 is 0 Å². The van der Waals surface area contributed by atoms with Gasteiger partial charge in [-0.15, -0.1) is 5.10 Å². The number of hydrogen-bond acceptors (Lipinski definition) is 5. The molecule has 2 aromatic heterocycles. The molecule has 1 aromatic carbocycles. The predicted molar refractivity (Wildman–Crippen MR) is 108 cm³/mol. The monoisotopic (exact) mass is 383 g/mol. The maximum atomic E-state index is 12.5. The van der Waals surface area contributed by atoms with E-state index in [1.807, 2.05) is 33.5 Å². The second kappa shape index (κ2) is 8.26. The van der Waals surface area contributed by atoms with Crippen molar-refractivity contribution >= 4 is 11.0 Å². The van der Waals surface area contributed by atoms with Crippen molar-refractivity contribution in [2.24, 2.45) is 0 Å². The van der Waals surface area contributed by atoms with Crippen molar-refractivity contribution in [3.8, 4) is 0 Å². The summed E-state index contributed by atoms with van der Waals surface area (Å²) in [6.45, 7) is 7.13. The minimum Gasteiger partial charge on any atom is -0.306 e. The van der Waals surface area contributed by atoms with Gasteiger partial charge in [-0.3, -0.25) is 9.47 Å². The number of unbranched alkanes of at least 4 members (excludes halogenated alkanes) is 1. The first-order chi connectivity index (χ1) is 13.7. The summed E-state index contributed by atoms with van der Waals surface area (Å²) in [5, 5.41) is 12.5. The second-order valence-corrected chi connectivity index (χ2v) is 7.62. The number of H-pyrrole nitrogens is 1. The molecule has 1 saturated heterocycles. The standard InChI is InChI=1S/C20H29N7O/c1-3-5-12-26-19(22-23-24-26)17(4-2)25-13-10-15(11-14-25)27-18-9-7-6-8-16(18)21-20(27)28/h6-9,15,17H,3-5,10-14H2,1-2H3,(H,21,28). The lowest BCUT2D eigenvalue weighted by Gasteiger charge is -2.36. The van der Waals surface area contributed by atoms with Crippen LogP contribution in [-0.4, -0.2) is 47.7 Å². The van der Waals surface area contributed by atoms with E-state index >= 15 is 0 Å². The van der Waals surface area contributed by atoms with Crippen molar-refractivity contribution < 1.29 is 0 Å². The average molecular weight is 384 g/mol. The van der Waals surface area contributed by atoms with E-state index in [1.54, 1.807) is 0 Å². The van der Waals surface area contributed by atoms with Gasteiger partial charge in [0, 0.05) is 25.7 Å². The molecule has 1 aliphatic heterocycles. The van der Waals surface area contributed by atoms with E-state index in [0.717, 1.165) is 68.6 Å². The van der Waals surface area contributed by atoms with Crippen molar-refractivity contribution in [1.29, 1.82) is 0 Å². The smallest absolute Gasteiger partial charge is 0.306 e. The van der Waals surface area contributed by atoms with Gasteiger partial charge >= 0.3 is 5.69 Å². The molecular formula is C20H29N7O. The number of imidazole rings is 1. The molecular weight excluding hydrogens is 354 g/mol. The van der Waals surface area contributed by atoms with Crippen molar-refractivity contribution in [3.05, 3.63) is 40.6 Å². The Hall–Kier alpha value is -2.48. The van der Waals surface area contributed by atoms with Gasteiger partial charge in [0.1, 0.15) is 0 Å². The lowest BCUT2D eigenvalue weighted by molar-refractivity contribution is 0.123.